The first-order valence-corrected chi connectivity index (χ1v) is 8.20. The minimum Gasteiger partial charge on any atom is -0.478 e. The Morgan fingerprint density at radius 1 is 1.08 bits per heavy atom. The summed E-state index contributed by atoms with van der Waals surface area (Å²) in [5, 5.41) is 11.9. The number of carboxylic acid groups (broad SMARTS) is 1. The third-order valence-electron chi connectivity index (χ3n) is 4.25. The third kappa shape index (κ3) is 5.86. The van der Waals surface area contributed by atoms with Crippen LogP contribution in [0.15, 0.2) is 54.6 Å². The maximum atomic E-state index is 12.3. The Morgan fingerprint density at radius 3 is 2.19 bits per heavy atom. The minimum atomic E-state index is -0.954. The van der Waals surface area contributed by atoms with Crippen molar-refractivity contribution in [1.29, 1.82) is 0 Å². The third-order valence-corrected chi connectivity index (χ3v) is 4.25. The van der Waals surface area contributed by atoms with Crippen molar-refractivity contribution >= 4 is 24.3 Å². The van der Waals surface area contributed by atoms with Crippen LogP contribution in [-0.4, -0.2) is 29.6 Å². The Balaban J connectivity index is 0.00000338. The van der Waals surface area contributed by atoms with Crippen LogP contribution in [0.1, 0.15) is 35.3 Å². The lowest BCUT2D eigenvalue weighted by atomic mass is 9.84. The molecule has 0 aliphatic rings. The first kappa shape index (κ1) is 21.7. The number of aromatic carboxylic acids is 1. The lowest BCUT2D eigenvalue weighted by Gasteiger charge is -2.26. The summed E-state index contributed by atoms with van der Waals surface area (Å²) in [6.07, 6.45) is 0.487. The Morgan fingerprint density at radius 2 is 1.65 bits per heavy atom. The molecule has 0 bridgehead atoms. The molecule has 0 saturated heterocycles. The number of carbonyl (C=O) groups excluding carboxylic acids is 1. The second kappa shape index (κ2) is 9.36. The number of benzene rings is 2. The summed E-state index contributed by atoms with van der Waals surface area (Å²) in [4.78, 5) is 23.2. The van der Waals surface area contributed by atoms with Crippen LogP contribution in [-0.2, 0) is 16.6 Å². The van der Waals surface area contributed by atoms with Gasteiger partial charge in [0.15, 0.2) is 0 Å². The fraction of sp³-hybridized carbons (Fsp3) is 0.300. The summed E-state index contributed by atoms with van der Waals surface area (Å²) < 4.78 is 0. The van der Waals surface area contributed by atoms with Gasteiger partial charge in [0.25, 0.3) is 0 Å². The van der Waals surface area contributed by atoms with Crippen LogP contribution < -0.4 is 11.1 Å². The molecule has 6 heteroatoms. The highest BCUT2D eigenvalue weighted by Gasteiger charge is 2.23. The van der Waals surface area contributed by atoms with Crippen molar-refractivity contribution in [2.24, 2.45) is 5.73 Å². The largest absolute Gasteiger partial charge is 0.478 e. The van der Waals surface area contributed by atoms with Crippen LogP contribution in [0.2, 0.25) is 0 Å². The maximum absolute atomic E-state index is 12.3. The minimum absolute atomic E-state index is 0. The Labute approximate surface area is 160 Å². The van der Waals surface area contributed by atoms with E-state index < -0.39 is 12.0 Å². The topological polar surface area (TPSA) is 92.4 Å². The van der Waals surface area contributed by atoms with Crippen LogP contribution in [0.3, 0.4) is 0 Å². The van der Waals surface area contributed by atoms with Gasteiger partial charge in [-0.25, -0.2) is 4.79 Å². The molecule has 1 amide bonds. The van der Waals surface area contributed by atoms with Crippen LogP contribution in [0, 0.1) is 0 Å². The van der Waals surface area contributed by atoms with Gasteiger partial charge >= 0.3 is 5.97 Å². The van der Waals surface area contributed by atoms with Gasteiger partial charge in [0.2, 0.25) is 5.91 Å². The van der Waals surface area contributed by atoms with E-state index in [2.05, 4.69) is 5.32 Å². The number of carboxylic acids is 1. The van der Waals surface area contributed by atoms with Gasteiger partial charge in [-0.05, 0) is 29.7 Å². The SMILES string of the molecule is CC(C)(CNC(=O)[C@@H](N)Cc1ccccc1)c1ccc(C(=O)O)cc1.Cl. The predicted molar refractivity (Wildman–Crippen MR) is 105 cm³/mol. The van der Waals surface area contributed by atoms with E-state index in [4.69, 9.17) is 10.8 Å². The highest BCUT2D eigenvalue weighted by Crippen LogP contribution is 2.22. The predicted octanol–water partition coefficient (Wildman–Crippen LogP) is 2.77. The fourth-order valence-corrected chi connectivity index (χ4v) is 2.57. The second-order valence-corrected chi connectivity index (χ2v) is 6.78. The van der Waals surface area contributed by atoms with E-state index in [0.717, 1.165) is 11.1 Å². The second-order valence-electron chi connectivity index (χ2n) is 6.78. The number of halogens is 1. The first-order chi connectivity index (χ1) is 11.8. The molecular weight excluding hydrogens is 352 g/mol. The Bertz CT molecular complexity index is 730. The molecule has 0 saturated carbocycles. The number of amides is 1. The van der Waals surface area contributed by atoms with Gasteiger partial charge < -0.3 is 16.2 Å². The number of nitrogens with one attached hydrogen (secondary N) is 1. The van der Waals surface area contributed by atoms with Crippen LogP contribution in [0.4, 0.5) is 0 Å². The number of rotatable bonds is 7. The van der Waals surface area contributed by atoms with Gasteiger partial charge in [0, 0.05) is 12.0 Å². The molecule has 0 aliphatic heterocycles. The average Bonchev–Trinajstić information content (AvgIpc) is 2.60. The summed E-state index contributed by atoms with van der Waals surface area (Å²) in [5.74, 6) is -1.15. The number of carbonyl (C=O) groups is 2. The molecular formula is C20H25ClN2O3. The number of hydrogen-bond donors (Lipinski definition) is 3. The Kier molecular flexibility index (Phi) is 7.80. The van der Waals surface area contributed by atoms with Gasteiger partial charge in [-0.1, -0.05) is 56.3 Å². The van der Waals surface area contributed by atoms with Crippen molar-refractivity contribution in [2.45, 2.75) is 31.7 Å². The van der Waals surface area contributed by atoms with E-state index in [9.17, 15) is 9.59 Å². The normalized spacial score (nSPS) is 12.0. The molecule has 0 spiro atoms. The van der Waals surface area contributed by atoms with E-state index in [1.807, 2.05) is 44.2 Å². The molecule has 0 radical (unpaired) electrons. The zero-order chi connectivity index (χ0) is 18.4. The number of nitrogens with two attached hydrogens (primary N) is 1. The molecule has 0 unspecified atom stereocenters. The maximum Gasteiger partial charge on any atom is 0.335 e. The molecule has 5 nitrogen and oxygen atoms in total. The van der Waals surface area contributed by atoms with Crippen molar-refractivity contribution in [2.75, 3.05) is 6.54 Å². The summed E-state index contributed by atoms with van der Waals surface area (Å²) in [6.45, 7) is 4.40. The summed E-state index contributed by atoms with van der Waals surface area (Å²) in [7, 11) is 0. The van der Waals surface area contributed by atoms with E-state index in [1.54, 1.807) is 24.3 Å². The van der Waals surface area contributed by atoms with Crippen molar-refractivity contribution in [1.82, 2.24) is 5.32 Å². The van der Waals surface area contributed by atoms with Crippen molar-refractivity contribution in [3.8, 4) is 0 Å². The zero-order valence-electron chi connectivity index (χ0n) is 14.9. The smallest absolute Gasteiger partial charge is 0.335 e. The van der Waals surface area contributed by atoms with Crippen LogP contribution in [0.25, 0.3) is 0 Å². The van der Waals surface area contributed by atoms with Crippen molar-refractivity contribution in [3.05, 3.63) is 71.3 Å². The summed E-state index contributed by atoms with van der Waals surface area (Å²) in [6, 6.07) is 15.7. The van der Waals surface area contributed by atoms with Gasteiger partial charge in [-0.3, -0.25) is 4.79 Å². The lowest BCUT2D eigenvalue weighted by molar-refractivity contribution is -0.122. The molecule has 0 aromatic heterocycles. The highest BCUT2D eigenvalue weighted by atomic mass is 35.5. The molecule has 140 valence electrons. The molecule has 1 atom stereocenters. The van der Waals surface area contributed by atoms with Crippen LogP contribution in [0.5, 0.6) is 0 Å². The average molecular weight is 377 g/mol. The van der Waals surface area contributed by atoms with Crippen molar-refractivity contribution < 1.29 is 14.7 Å². The molecule has 0 fully saturated rings. The molecule has 2 aromatic carbocycles. The molecule has 0 aliphatic carbocycles. The standard InChI is InChI=1S/C20H24N2O3.ClH/c1-20(2,16-10-8-15(9-11-16)19(24)25)13-22-18(23)17(21)12-14-6-4-3-5-7-14;/h3-11,17H,12-13,21H2,1-2H3,(H,22,23)(H,24,25);1H/t17-;/m0./s1. The van der Waals surface area contributed by atoms with Gasteiger partial charge in [-0.15, -0.1) is 12.4 Å². The zero-order valence-corrected chi connectivity index (χ0v) is 15.8. The first-order valence-electron chi connectivity index (χ1n) is 8.20. The Hall–Kier alpha value is -2.37. The van der Waals surface area contributed by atoms with Crippen LogP contribution >= 0.6 is 12.4 Å². The van der Waals surface area contributed by atoms with E-state index in [-0.39, 0.29) is 29.3 Å². The molecule has 26 heavy (non-hydrogen) atoms. The molecule has 4 N–H and O–H groups in total. The van der Waals surface area contributed by atoms with E-state index >= 15 is 0 Å². The van der Waals surface area contributed by atoms with E-state index in [0.29, 0.717) is 13.0 Å². The van der Waals surface area contributed by atoms with Crippen molar-refractivity contribution in [3.63, 3.8) is 0 Å². The molecule has 2 rings (SSSR count). The van der Waals surface area contributed by atoms with Gasteiger partial charge in [0.05, 0.1) is 11.6 Å². The molecule has 2 aromatic rings. The van der Waals surface area contributed by atoms with E-state index in [1.165, 1.54) is 0 Å². The number of hydrogen-bond acceptors (Lipinski definition) is 3. The van der Waals surface area contributed by atoms with Gasteiger partial charge in [-0.2, -0.15) is 0 Å². The monoisotopic (exact) mass is 376 g/mol. The fourth-order valence-electron chi connectivity index (χ4n) is 2.57. The highest BCUT2D eigenvalue weighted by molar-refractivity contribution is 5.87. The van der Waals surface area contributed by atoms with Gasteiger partial charge in [0.1, 0.15) is 0 Å². The summed E-state index contributed by atoms with van der Waals surface area (Å²) in [5.41, 5.74) is 7.88. The molecule has 0 heterocycles. The summed E-state index contributed by atoms with van der Waals surface area (Å²) >= 11 is 0. The lowest BCUT2D eigenvalue weighted by Crippen LogP contribution is -2.46. The quantitative estimate of drug-likeness (QED) is 0.692.